The molecule has 0 heterocycles. The molecule has 0 fully saturated rings. The Morgan fingerprint density at radius 3 is 1.21 bits per heavy atom. The first-order valence-electron chi connectivity index (χ1n) is 12.6. The van der Waals surface area contributed by atoms with Crippen LogP contribution in [0.15, 0.2) is 69.3 Å². The molecule has 0 aliphatic carbocycles. The molecule has 188 valence electrons. The van der Waals surface area contributed by atoms with Gasteiger partial charge < -0.3 is 9.84 Å². The Morgan fingerprint density at radius 2 is 0.909 bits per heavy atom. The van der Waals surface area contributed by atoms with Crippen molar-refractivity contribution in [3.05, 3.63) is 69.3 Å². The van der Waals surface area contributed by atoms with E-state index in [1.54, 1.807) is 6.92 Å². The summed E-state index contributed by atoms with van der Waals surface area (Å²) in [6.07, 6.45) is 8.67. The molecule has 0 rings (SSSR count). The van der Waals surface area contributed by atoms with Crippen LogP contribution in [-0.2, 0) is 4.74 Å². The van der Waals surface area contributed by atoms with E-state index in [0.717, 1.165) is 0 Å². The number of hydrogen-bond donors (Lipinski definition) is 1. The van der Waals surface area contributed by atoms with E-state index < -0.39 is 0 Å². The Balaban J connectivity index is 7.68. The van der Waals surface area contributed by atoms with Gasteiger partial charge in [0.25, 0.3) is 0 Å². The van der Waals surface area contributed by atoms with Gasteiger partial charge in [0.05, 0.1) is 0 Å². The fraction of sp³-hybridized carbons (Fsp3) is 0.613. The monoisotopic (exact) mass is 456 g/mol. The van der Waals surface area contributed by atoms with Crippen LogP contribution in [-0.4, -0.2) is 11.2 Å². The highest BCUT2D eigenvalue weighted by Crippen LogP contribution is 2.42. The summed E-state index contributed by atoms with van der Waals surface area (Å²) >= 11 is 0. The summed E-state index contributed by atoms with van der Waals surface area (Å²) in [6.45, 7) is 30.1. The van der Waals surface area contributed by atoms with Gasteiger partial charge in [-0.25, -0.2) is 0 Å². The summed E-state index contributed by atoms with van der Waals surface area (Å²) in [4.78, 5) is 0. The van der Waals surface area contributed by atoms with Crippen molar-refractivity contribution in [2.24, 2.45) is 23.7 Å². The predicted molar refractivity (Wildman–Crippen MR) is 147 cm³/mol. The van der Waals surface area contributed by atoms with E-state index in [-0.39, 0.29) is 35.5 Å². The average Bonchev–Trinajstić information content (AvgIpc) is 2.81. The Labute approximate surface area is 205 Å². The highest BCUT2D eigenvalue weighted by atomic mass is 16.5. The second kappa shape index (κ2) is 14.3. The quantitative estimate of drug-likeness (QED) is 0.247. The van der Waals surface area contributed by atoms with Gasteiger partial charge in [-0.1, -0.05) is 79.9 Å². The van der Waals surface area contributed by atoms with Crippen molar-refractivity contribution in [1.82, 2.24) is 0 Å². The molecular weight excluding hydrogens is 404 g/mol. The lowest BCUT2D eigenvalue weighted by Gasteiger charge is -2.38. The molecule has 0 amide bonds. The first kappa shape index (κ1) is 31.0. The summed E-state index contributed by atoms with van der Waals surface area (Å²) < 4.78 is 6.65. The van der Waals surface area contributed by atoms with Gasteiger partial charge in [-0.3, -0.25) is 0 Å². The third kappa shape index (κ3) is 8.09. The van der Waals surface area contributed by atoms with Gasteiger partial charge in [-0.05, 0) is 86.6 Å². The van der Waals surface area contributed by atoms with Crippen molar-refractivity contribution in [2.45, 2.75) is 103 Å². The lowest BCUT2D eigenvalue weighted by atomic mass is 9.71. The molecule has 2 nitrogen and oxygen atoms in total. The van der Waals surface area contributed by atoms with Crippen LogP contribution < -0.4 is 0 Å². The SMILES string of the molecule is C/C=C(/C)C(C)C(=C(C(C)/C(C)=C/C)C(O/C(C)=C(/C)O)C(C)/C(C)=C/C)C(C)/C(C)=C/C. The molecule has 5 atom stereocenters. The minimum absolute atomic E-state index is 0.164. The van der Waals surface area contributed by atoms with Crippen molar-refractivity contribution in [2.75, 3.05) is 0 Å². The second-order valence-corrected chi connectivity index (χ2v) is 9.68. The molecule has 33 heavy (non-hydrogen) atoms. The van der Waals surface area contributed by atoms with Crippen LogP contribution in [0.25, 0.3) is 0 Å². The molecule has 0 aliphatic rings. The normalized spacial score (nSPS) is 20.4. The molecule has 2 heteroatoms. The van der Waals surface area contributed by atoms with Gasteiger partial charge in [0.2, 0.25) is 0 Å². The maximum absolute atomic E-state index is 10.2. The van der Waals surface area contributed by atoms with Gasteiger partial charge in [-0.15, -0.1) is 0 Å². The highest BCUT2D eigenvalue weighted by Gasteiger charge is 2.35. The summed E-state index contributed by atoms with van der Waals surface area (Å²) in [5.74, 6) is 1.77. The van der Waals surface area contributed by atoms with Crippen LogP contribution in [0.1, 0.15) is 96.9 Å². The standard InChI is InChI=1S/C31H52O2/c1-15-19(5)23(9)29(24(10)20(6)16-2)30(25(11)21(7)17-3)31(26(12)22(8)18-4)33-28(14)27(13)32/h15-18,23-26,31-32H,1-14H3/b19-15-,20-16+,21-17+,22-18+,28-27-,30-29?. The Morgan fingerprint density at radius 1 is 0.576 bits per heavy atom. The van der Waals surface area contributed by atoms with Crippen LogP contribution in [0.2, 0.25) is 0 Å². The minimum atomic E-state index is -0.178. The summed E-state index contributed by atoms with van der Waals surface area (Å²) in [7, 11) is 0. The Hall–Kier alpha value is -1.96. The number of rotatable bonds is 11. The minimum Gasteiger partial charge on any atom is -0.509 e. The van der Waals surface area contributed by atoms with Crippen molar-refractivity contribution in [3.8, 4) is 0 Å². The fourth-order valence-electron chi connectivity index (χ4n) is 4.23. The van der Waals surface area contributed by atoms with Crippen LogP contribution >= 0.6 is 0 Å². The van der Waals surface area contributed by atoms with Gasteiger partial charge >= 0.3 is 0 Å². The molecule has 0 bridgehead atoms. The fourth-order valence-corrected chi connectivity index (χ4v) is 4.23. The zero-order valence-electron chi connectivity index (χ0n) is 24.1. The van der Waals surface area contributed by atoms with Crippen LogP contribution in [0.5, 0.6) is 0 Å². The first-order chi connectivity index (χ1) is 15.3. The zero-order valence-corrected chi connectivity index (χ0v) is 24.1. The van der Waals surface area contributed by atoms with E-state index in [4.69, 9.17) is 4.74 Å². The van der Waals surface area contributed by atoms with Crippen LogP contribution in [0.4, 0.5) is 0 Å². The summed E-state index contributed by atoms with van der Waals surface area (Å²) in [5, 5.41) is 10.2. The molecule has 0 aromatic carbocycles. The zero-order chi connectivity index (χ0) is 26.0. The topological polar surface area (TPSA) is 29.5 Å². The number of ether oxygens (including phenoxy) is 1. The van der Waals surface area contributed by atoms with Gasteiger partial charge in [0.1, 0.15) is 17.6 Å². The lowest BCUT2D eigenvalue weighted by molar-refractivity contribution is 0.0942. The molecule has 0 saturated heterocycles. The molecule has 0 aromatic heterocycles. The Kier molecular flexibility index (Phi) is 13.5. The third-order valence-corrected chi connectivity index (χ3v) is 7.90. The van der Waals surface area contributed by atoms with Crippen molar-refractivity contribution >= 4 is 0 Å². The second-order valence-electron chi connectivity index (χ2n) is 9.68. The van der Waals surface area contributed by atoms with Crippen molar-refractivity contribution < 1.29 is 9.84 Å². The van der Waals surface area contributed by atoms with Crippen molar-refractivity contribution in [3.63, 3.8) is 0 Å². The van der Waals surface area contributed by atoms with Gasteiger partial charge in [0, 0.05) is 11.8 Å². The van der Waals surface area contributed by atoms with Gasteiger partial charge in [0.15, 0.2) is 0 Å². The van der Waals surface area contributed by atoms with E-state index in [1.165, 1.54) is 33.4 Å². The number of hydrogen-bond acceptors (Lipinski definition) is 2. The molecule has 0 aromatic rings. The predicted octanol–water partition coefficient (Wildman–Crippen LogP) is 9.89. The molecular formula is C31H52O2. The molecule has 1 N–H and O–H groups in total. The maximum Gasteiger partial charge on any atom is 0.131 e. The highest BCUT2D eigenvalue weighted by molar-refractivity contribution is 5.38. The lowest BCUT2D eigenvalue weighted by Crippen LogP contribution is -2.32. The van der Waals surface area contributed by atoms with Crippen LogP contribution in [0, 0.1) is 23.7 Å². The number of aliphatic hydroxyl groups excluding tert-OH is 1. The molecule has 0 radical (unpaired) electrons. The summed E-state index contributed by atoms with van der Waals surface area (Å²) in [6, 6.07) is 0. The summed E-state index contributed by atoms with van der Waals surface area (Å²) in [5.41, 5.74) is 8.11. The van der Waals surface area contributed by atoms with E-state index in [1.807, 2.05) is 6.92 Å². The molecule has 0 spiro atoms. The van der Waals surface area contributed by atoms with E-state index in [9.17, 15) is 5.11 Å². The smallest absolute Gasteiger partial charge is 0.131 e. The van der Waals surface area contributed by atoms with E-state index in [0.29, 0.717) is 5.76 Å². The molecule has 0 aliphatic heterocycles. The van der Waals surface area contributed by atoms with E-state index >= 15 is 0 Å². The molecule has 0 saturated carbocycles. The maximum atomic E-state index is 10.2. The Bertz CT molecular complexity index is 799. The largest absolute Gasteiger partial charge is 0.509 e. The number of aliphatic hydroxyl groups is 1. The molecule has 5 unspecified atom stereocenters. The first-order valence-corrected chi connectivity index (χ1v) is 12.6. The van der Waals surface area contributed by atoms with Gasteiger partial charge in [-0.2, -0.15) is 0 Å². The average molecular weight is 457 g/mol. The van der Waals surface area contributed by atoms with E-state index in [2.05, 4.69) is 107 Å². The number of allylic oxidation sites excluding steroid dienone is 10. The van der Waals surface area contributed by atoms with Crippen LogP contribution in [0.3, 0.4) is 0 Å². The van der Waals surface area contributed by atoms with Crippen molar-refractivity contribution in [1.29, 1.82) is 0 Å². The third-order valence-electron chi connectivity index (χ3n) is 7.90.